The Bertz CT molecular complexity index is 318. The Kier molecular flexibility index (Phi) is 9.31. The first-order chi connectivity index (χ1) is 10.2. The van der Waals surface area contributed by atoms with Crippen molar-refractivity contribution in [3.05, 3.63) is 0 Å². The molecule has 1 aliphatic rings. The van der Waals surface area contributed by atoms with Crippen LogP contribution >= 0.6 is 0 Å². The molecular weight excluding hydrogens is 264 g/mol. The zero-order chi connectivity index (χ0) is 15.4. The molecule has 1 atom stereocenters. The lowest BCUT2D eigenvalue weighted by atomic mass is 10.1. The topological polar surface area (TPSA) is 49.7 Å². The molecular formula is C17H33N2O2+. The molecule has 0 spiro atoms. The van der Waals surface area contributed by atoms with Crippen LogP contribution in [0, 0.1) is 0 Å². The zero-order valence-corrected chi connectivity index (χ0v) is 13.7. The van der Waals surface area contributed by atoms with Gasteiger partial charge in [-0.3, -0.25) is 4.48 Å². The van der Waals surface area contributed by atoms with Crippen LogP contribution in [0.1, 0.15) is 71.1 Å². The Morgan fingerprint density at radius 1 is 1.05 bits per heavy atom. The van der Waals surface area contributed by atoms with Crippen molar-refractivity contribution in [3.8, 4) is 0 Å². The second-order valence-corrected chi connectivity index (χ2v) is 6.42. The third-order valence-corrected chi connectivity index (χ3v) is 4.41. The number of carboxylic acid groups (broad SMARTS) is 1. The quantitative estimate of drug-likeness (QED) is 0.414. The van der Waals surface area contributed by atoms with Crippen LogP contribution in [0.15, 0.2) is 4.99 Å². The first-order valence-corrected chi connectivity index (χ1v) is 8.77. The molecule has 0 aromatic rings. The van der Waals surface area contributed by atoms with Crippen LogP contribution in [0.4, 0.5) is 0 Å². The molecule has 0 saturated heterocycles. The Labute approximate surface area is 129 Å². The van der Waals surface area contributed by atoms with Crippen molar-refractivity contribution in [2.24, 2.45) is 4.99 Å². The number of aliphatic imine (C=N–C) groups is 1. The highest BCUT2D eigenvalue weighted by Crippen LogP contribution is 2.14. The molecule has 0 amide bonds. The van der Waals surface area contributed by atoms with E-state index in [-0.39, 0.29) is 6.54 Å². The number of quaternary nitrogens is 1. The Morgan fingerprint density at radius 2 is 1.62 bits per heavy atom. The fourth-order valence-electron chi connectivity index (χ4n) is 3.10. The monoisotopic (exact) mass is 297 g/mol. The Morgan fingerprint density at radius 3 is 2.10 bits per heavy atom. The van der Waals surface area contributed by atoms with Crippen LogP contribution < -0.4 is 0 Å². The standard InChI is InChI=1S/C17H32N2O2/c1-2-3-4-5-6-7-8-9-10-11-13-19(15-17(20)21)14-12-18-16-19/h16H,2-15H2,1H3/p+1. The molecule has 1 aliphatic heterocycles. The van der Waals surface area contributed by atoms with Crippen molar-refractivity contribution in [2.45, 2.75) is 71.1 Å². The van der Waals surface area contributed by atoms with Gasteiger partial charge in [-0.2, -0.15) is 0 Å². The highest BCUT2D eigenvalue weighted by molar-refractivity contribution is 5.69. The van der Waals surface area contributed by atoms with Crippen molar-refractivity contribution in [1.82, 2.24) is 0 Å². The van der Waals surface area contributed by atoms with Crippen molar-refractivity contribution < 1.29 is 14.4 Å². The van der Waals surface area contributed by atoms with Crippen molar-refractivity contribution in [1.29, 1.82) is 0 Å². The van der Waals surface area contributed by atoms with Crippen LogP contribution in [-0.2, 0) is 4.79 Å². The molecule has 4 nitrogen and oxygen atoms in total. The summed E-state index contributed by atoms with van der Waals surface area (Å²) in [4.78, 5) is 15.2. The van der Waals surface area contributed by atoms with Gasteiger partial charge in [-0.15, -0.1) is 0 Å². The molecule has 0 aliphatic carbocycles. The number of rotatable bonds is 13. The van der Waals surface area contributed by atoms with E-state index in [9.17, 15) is 4.79 Å². The molecule has 0 saturated carbocycles. The predicted molar refractivity (Wildman–Crippen MR) is 87.7 cm³/mol. The van der Waals surface area contributed by atoms with Crippen molar-refractivity contribution in [3.63, 3.8) is 0 Å². The van der Waals surface area contributed by atoms with Gasteiger partial charge in [-0.1, -0.05) is 58.3 Å². The number of carboxylic acids is 1. The fraction of sp³-hybridized carbons (Fsp3) is 0.882. The maximum absolute atomic E-state index is 11.0. The molecule has 0 radical (unpaired) electrons. The largest absolute Gasteiger partial charge is 0.477 e. The van der Waals surface area contributed by atoms with E-state index >= 15 is 0 Å². The maximum atomic E-state index is 11.0. The summed E-state index contributed by atoms with van der Waals surface area (Å²) in [5.74, 6) is -0.713. The van der Waals surface area contributed by atoms with E-state index < -0.39 is 5.97 Å². The van der Waals surface area contributed by atoms with E-state index in [1.807, 2.05) is 6.34 Å². The Balaban J connectivity index is 2.00. The van der Waals surface area contributed by atoms with E-state index in [0.717, 1.165) is 26.1 Å². The lowest BCUT2D eigenvalue weighted by Gasteiger charge is -2.28. The second-order valence-electron chi connectivity index (χ2n) is 6.42. The summed E-state index contributed by atoms with van der Waals surface area (Å²) in [6.07, 6.45) is 15.1. The summed E-state index contributed by atoms with van der Waals surface area (Å²) in [6, 6.07) is 0. The molecule has 0 aromatic heterocycles. The predicted octanol–water partition coefficient (Wildman–Crippen LogP) is 3.85. The van der Waals surface area contributed by atoms with Crippen LogP contribution in [0.3, 0.4) is 0 Å². The molecule has 0 bridgehead atoms. The van der Waals surface area contributed by atoms with Gasteiger partial charge < -0.3 is 5.11 Å². The number of nitrogens with zero attached hydrogens (tertiary/aromatic N) is 2. The van der Waals surface area contributed by atoms with Gasteiger partial charge in [-0.05, 0) is 12.8 Å². The molecule has 1 unspecified atom stereocenters. The minimum Gasteiger partial charge on any atom is -0.477 e. The Hall–Kier alpha value is -0.900. The van der Waals surface area contributed by atoms with E-state index in [2.05, 4.69) is 11.9 Å². The summed E-state index contributed by atoms with van der Waals surface area (Å²) >= 11 is 0. The van der Waals surface area contributed by atoms with Crippen molar-refractivity contribution >= 4 is 12.3 Å². The molecule has 1 heterocycles. The van der Waals surface area contributed by atoms with Gasteiger partial charge in [0.25, 0.3) is 0 Å². The van der Waals surface area contributed by atoms with Crippen LogP contribution in [0.5, 0.6) is 0 Å². The average molecular weight is 297 g/mol. The third kappa shape index (κ3) is 8.20. The first kappa shape index (κ1) is 18.1. The summed E-state index contributed by atoms with van der Waals surface area (Å²) in [7, 11) is 0. The molecule has 0 fully saturated rings. The second kappa shape index (κ2) is 10.8. The number of hydrogen-bond acceptors (Lipinski definition) is 2. The first-order valence-electron chi connectivity index (χ1n) is 8.77. The van der Waals surface area contributed by atoms with Gasteiger partial charge in [0, 0.05) is 0 Å². The lowest BCUT2D eigenvalue weighted by Crippen LogP contribution is -2.49. The van der Waals surface area contributed by atoms with Gasteiger partial charge in [0.15, 0.2) is 12.9 Å². The lowest BCUT2D eigenvalue weighted by molar-refractivity contribution is -0.821. The summed E-state index contributed by atoms with van der Waals surface area (Å²) < 4.78 is 0.562. The SMILES string of the molecule is CCCCCCCCCCCC[N+]1(CC(=O)O)C=NCC1. The molecule has 21 heavy (non-hydrogen) atoms. The van der Waals surface area contributed by atoms with Crippen LogP contribution in [0.2, 0.25) is 0 Å². The number of carbonyl (C=O) groups is 1. The highest BCUT2D eigenvalue weighted by atomic mass is 16.4. The van der Waals surface area contributed by atoms with Gasteiger partial charge in [0.2, 0.25) is 0 Å². The van der Waals surface area contributed by atoms with E-state index in [1.54, 1.807) is 0 Å². The molecule has 122 valence electrons. The highest BCUT2D eigenvalue weighted by Gasteiger charge is 2.31. The number of aliphatic carboxylic acids is 1. The third-order valence-electron chi connectivity index (χ3n) is 4.41. The molecule has 0 aromatic carbocycles. The van der Waals surface area contributed by atoms with Gasteiger partial charge in [0.1, 0.15) is 6.54 Å². The van der Waals surface area contributed by atoms with Crippen molar-refractivity contribution in [2.75, 3.05) is 26.2 Å². The van der Waals surface area contributed by atoms with Gasteiger partial charge in [0.05, 0.1) is 13.1 Å². The minimum atomic E-state index is -0.713. The number of hydrogen-bond donors (Lipinski definition) is 1. The van der Waals surface area contributed by atoms with Crippen LogP contribution in [-0.4, -0.2) is 48.1 Å². The van der Waals surface area contributed by atoms with E-state index in [4.69, 9.17) is 5.11 Å². The smallest absolute Gasteiger partial charge is 0.359 e. The molecule has 4 heteroatoms. The fourth-order valence-corrected chi connectivity index (χ4v) is 3.10. The summed E-state index contributed by atoms with van der Waals surface area (Å²) in [5, 5.41) is 9.02. The molecule has 1 rings (SSSR count). The zero-order valence-electron chi connectivity index (χ0n) is 13.7. The summed E-state index contributed by atoms with van der Waals surface area (Å²) in [6.45, 7) is 5.03. The van der Waals surface area contributed by atoms with E-state index in [1.165, 1.54) is 57.8 Å². The normalized spacial score (nSPS) is 21.0. The van der Waals surface area contributed by atoms with Gasteiger partial charge >= 0.3 is 5.97 Å². The van der Waals surface area contributed by atoms with E-state index in [0.29, 0.717) is 4.48 Å². The summed E-state index contributed by atoms with van der Waals surface area (Å²) in [5.41, 5.74) is 0. The average Bonchev–Trinajstić information content (AvgIpc) is 2.89. The minimum absolute atomic E-state index is 0.195. The molecule has 1 N–H and O–H groups in total. The number of unbranched alkanes of at least 4 members (excludes halogenated alkanes) is 9. The maximum Gasteiger partial charge on any atom is 0.359 e. The van der Waals surface area contributed by atoms with Gasteiger partial charge in [-0.25, -0.2) is 9.79 Å². The van der Waals surface area contributed by atoms with Crippen LogP contribution in [0.25, 0.3) is 0 Å².